The Bertz CT molecular complexity index is 745. The average Bonchev–Trinajstić information content (AvgIpc) is 2.70. The van der Waals surface area contributed by atoms with E-state index in [1.807, 2.05) is 6.07 Å². The topological polar surface area (TPSA) is 84.9 Å². The van der Waals surface area contributed by atoms with E-state index in [1.165, 1.54) is 0 Å². The number of carbonyl (C=O) groups is 2. The van der Waals surface area contributed by atoms with Crippen molar-refractivity contribution in [2.24, 2.45) is 0 Å². The molecule has 0 aromatic heterocycles. The standard InChI is InChI=1S/C21H25NO5/c1-3-21(20(24)25,17-7-5-4-6-8-17)15-22-19(23)16-9-11-18(12-10-16)27-14-13-26-2/h4-12H,3,13-15H2,1-2H3,(H,22,23)(H,24,25). The molecule has 2 N–H and O–H groups in total. The van der Waals surface area contributed by atoms with Gasteiger partial charge in [0.2, 0.25) is 0 Å². The number of amides is 1. The maximum atomic E-state index is 12.5. The zero-order valence-electron chi connectivity index (χ0n) is 15.6. The molecule has 1 atom stereocenters. The Hall–Kier alpha value is -2.86. The van der Waals surface area contributed by atoms with Crippen molar-refractivity contribution in [1.82, 2.24) is 5.32 Å². The Labute approximate surface area is 159 Å². The molecule has 0 aliphatic heterocycles. The van der Waals surface area contributed by atoms with Gasteiger partial charge in [0, 0.05) is 19.2 Å². The van der Waals surface area contributed by atoms with Crippen molar-refractivity contribution in [2.45, 2.75) is 18.8 Å². The lowest BCUT2D eigenvalue weighted by atomic mass is 9.78. The van der Waals surface area contributed by atoms with Crippen LogP contribution in [-0.2, 0) is 14.9 Å². The van der Waals surface area contributed by atoms with Crippen molar-refractivity contribution in [1.29, 1.82) is 0 Å². The van der Waals surface area contributed by atoms with E-state index in [4.69, 9.17) is 9.47 Å². The molecule has 0 radical (unpaired) electrons. The molecule has 6 nitrogen and oxygen atoms in total. The zero-order valence-corrected chi connectivity index (χ0v) is 15.6. The van der Waals surface area contributed by atoms with Crippen molar-refractivity contribution in [3.05, 3.63) is 65.7 Å². The van der Waals surface area contributed by atoms with Gasteiger partial charge in [0.25, 0.3) is 5.91 Å². The van der Waals surface area contributed by atoms with Crippen molar-refractivity contribution in [3.63, 3.8) is 0 Å². The fourth-order valence-electron chi connectivity index (χ4n) is 2.82. The quantitative estimate of drug-likeness (QED) is 0.628. The first-order chi connectivity index (χ1) is 13.0. The molecular formula is C21H25NO5. The lowest BCUT2D eigenvalue weighted by Crippen LogP contribution is -2.46. The highest BCUT2D eigenvalue weighted by Gasteiger charge is 2.39. The number of carboxylic acid groups (broad SMARTS) is 1. The van der Waals surface area contributed by atoms with Crippen LogP contribution >= 0.6 is 0 Å². The lowest BCUT2D eigenvalue weighted by molar-refractivity contribution is -0.143. The van der Waals surface area contributed by atoms with Crippen LogP contribution in [0.25, 0.3) is 0 Å². The van der Waals surface area contributed by atoms with Crippen molar-refractivity contribution >= 4 is 11.9 Å². The van der Waals surface area contributed by atoms with Crippen LogP contribution in [0.2, 0.25) is 0 Å². The highest BCUT2D eigenvalue weighted by atomic mass is 16.5. The minimum absolute atomic E-state index is 0.00771. The molecule has 2 rings (SSSR count). The van der Waals surface area contributed by atoms with Crippen LogP contribution in [0.4, 0.5) is 0 Å². The van der Waals surface area contributed by atoms with Gasteiger partial charge in [0.05, 0.1) is 6.61 Å². The smallest absolute Gasteiger partial charge is 0.315 e. The molecule has 1 unspecified atom stereocenters. The normalized spacial score (nSPS) is 12.8. The van der Waals surface area contributed by atoms with Crippen molar-refractivity contribution < 1.29 is 24.2 Å². The van der Waals surface area contributed by atoms with E-state index in [1.54, 1.807) is 62.6 Å². The molecule has 6 heteroatoms. The van der Waals surface area contributed by atoms with Gasteiger partial charge >= 0.3 is 5.97 Å². The van der Waals surface area contributed by atoms with Gasteiger partial charge in [-0.2, -0.15) is 0 Å². The predicted molar refractivity (Wildman–Crippen MR) is 102 cm³/mol. The third-order valence-electron chi connectivity index (χ3n) is 4.56. The largest absolute Gasteiger partial charge is 0.491 e. The molecule has 27 heavy (non-hydrogen) atoms. The summed E-state index contributed by atoms with van der Waals surface area (Å²) in [5.41, 5.74) is -0.0557. The first kappa shape index (κ1) is 20.5. The monoisotopic (exact) mass is 371 g/mol. The van der Waals surface area contributed by atoms with E-state index >= 15 is 0 Å². The van der Waals surface area contributed by atoms with Crippen LogP contribution in [0.5, 0.6) is 5.75 Å². The zero-order chi connectivity index (χ0) is 19.7. The maximum absolute atomic E-state index is 12.5. The minimum Gasteiger partial charge on any atom is -0.491 e. The number of hydrogen-bond acceptors (Lipinski definition) is 4. The van der Waals surface area contributed by atoms with E-state index in [2.05, 4.69) is 5.32 Å². The van der Waals surface area contributed by atoms with Gasteiger partial charge in [-0.25, -0.2) is 0 Å². The highest BCUT2D eigenvalue weighted by molar-refractivity contribution is 5.95. The van der Waals surface area contributed by atoms with Gasteiger partial charge in [-0.1, -0.05) is 37.3 Å². The number of ether oxygens (including phenoxy) is 2. The molecule has 0 bridgehead atoms. The van der Waals surface area contributed by atoms with Gasteiger partial charge in [-0.15, -0.1) is 0 Å². The second-order valence-corrected chi connectivity index (χ2v) is 6.16. The Balaban J connectivity index is 2.06. The number of carbonyl (C=O) groups excluding carboxylic acids is 1. The molecule has 0 spiro atoms. The molecule has 0 aliphatic carbocycles. The summed E-state index contributed by atoms with van der Waals surface area (Å²) in [7, 11) is 1.60. The Morgan fingerprint density at radius 1 is 1.04 bits per heavy atom. The van der Waals surface area contributed by atoms with Crippen molar-refractivity contribution in [3.8, 4) is 5.75 Å². The van der Waals surface area contributed by atoms with E-state index < -0.39 is 11.4 Å². The molecule has 144 valence electrons. The predicted octanol–water partition coefficient (Wildman–Crippen LogP) is 2.87. The molecular weight excluding hydrogens is 346 g/mol. The average molecular weight is 371 g/mol. The Kier molecular flexibility index (Phi) is 7.37. The van der Waals surface area contributed by atoms with Crippen molar-refractivity contribution in [2.75, 3.05) is 26.9 Å². The van der Waals surface area contributed by atoms with Crippen LogP contribution in [0.3, 0.4) is 0 Å². The Morgan fingerprint density at radius 3 is 2.26 bits per heavy atom. The summed E-state index contributed by atoms with van der Waals surface area (Å²) in [5, 5.41) is 12.6. The van der Waals surface area contributed by atoms with E-state index in [0.717, 1.165) is 0 Å². The van der Waals surface area contributed by atoms with Crippen LogP contribution in [0.15, 0.2) is 54.6 Å². The summed E-state index contributed by atoms with van der Waals surface area (Å²) in [4.78, 5) is 24.5. The number of hydrogen-bond donors (Lipinski definition) is 2. The SMILES string of the molecule is CCC(CNC(=O)c1ccc(OCCOC)cc1)(C(=O)O)c1ccccc1. The third-order valence-corrected chi connectivity index (χ3v) is 4.56. The van der Waals surface area contributed by atoms with E-state index in [0.29, 0.717) is 36.5 Å². The van der Waals surface area contributed by atoms with E-state index in [9.17, 15) is 14.7 Å². The van der Waals surface area contributed by atoms with Crippen LogP contribution in [0, 0.1) is 0 Å². The van der Waals surface area contributed by atoms with Crippen LogP contribution in [-0.4, -0.2) is 43.9 Å². The molecule has 1 amide bonds. The van der Waals surface area contributed by atoms with Crippen LogP contribution < -0.4 is 10.1 Å². The fraction of sp³-hybridized carbons (Fsp3) is 0.333. The second kappa shape index (κ2) is 9.73. The first-order valence-electron chi connectivity index (χ1n) is 8.82. The first-order valence-corrected chi connectivity index (χ1v) is 8.82. The number of benzene rings is 2. The third kappa shape index (κ3) is 5.08. The molecule has 0 aliphatic rings. The number of carboxylic acids is 1. The summed E-state index contributed by atoms with van der Waals surface area (Å²) in [5.74, 6) is -0.645. The number of aliphatic carboxylic acids is 1. The highest BCUT2D eigenvalue weighted by Crippen LogP contribution is 2.28. The van der Waals surface area contributed by atoms with Gasteiger partial charge < -0.3 is 19.9 Å². The Morgan fingerprint density at radius 2 is 1.70 bits per heavy atom. The number of rotatable bonds is 10. The number of methoxy groups -OCH3 is 1. The number of nitrogens with one attached hydrogen (secondary N) is 1. The summed E-state index contributed by atoms with van der Waals surface area (Å²) in [6.07, 6.45) is 0.360. The molecule has 2 aromatic carbocycles. The summed E-state index contributed by atoms with van der Waals surface area (Å²) < 4.78 is 10.4. The fourth-order valence-corrected chi connectivity index (χ4v) is 2.82. The second-order valence-electron chi connectivity index (χ2n) is 6.16. The molecule has 0 heterocycles. The summed E-state index contributed by atoms with van der Waals surface area (Å²) >= 11 is 0. The van der Waals surface area contributed by atoms with Gasteiger partial charge in [-0.05, 0) is 36.2 Å². The maximum Gasteiger partial charge on any atom is 0.315 e. The molecule has 2 aromatic rings. The molecule has 0 saturated heterocycles. The van der Waals surface area contributed by atoms with Gasteiger partial charge in [0.1, 0.15) is 17.8 Å². The minimum atomic E-state index is -1.17. The lowest BCUT2D eigenvalue weighted by Gasteiger charge is -2.29. The van der Waals surface area contributed by atoms with Crippen LogP contribution in [0.1, 0.15) is 29.3 Å². The molecule has 0 saturated carbocycles. The molecule has 0 fully saturated rings. The van der Waals surface area contributed by atoms with E-state index in [-0.39, 0.29) is 12.5 Å². The summed E-state index contributed by atoms with van der Waals surface area (Å²) in [6.45, 7) is 2.72. The van der Waals surface area contributed by atoms with Gasteiger partial charge in [0.15, 0.2) is 0 Å². The summed E-state index contributed by atoms with van der Waals surface area (Å²) in [6, 6.07) is 15.7. The van der Waals surface area contributed by atoms with Gasteiger partial charge in [-0.3, -0.25) is 9.59 Å².